The summed E-state index contributed by atoms with van der Waals surface area (Å²) in [6.45, 7) is 8.69. The molecule has 2 aromatic carbocycles. The zero-order valence-corrected chi connectivity index (χ0v) is 15.5. The highest BCUT2D eigenvalue weighted by atomic mass is 16.7. The Morgan fingerprint density at radius 2 is 1.40 bits per heavy atom. The number of rotatable bonds is 5. The van der Waals surface area contributed by atoms with Gasteiger partial charge in [-0.1, -0.05) is 24.3 Å². The number of hydrogen-bond acceptors (Lipinski definition) is 4. The summed E-state index contributed by atoms with van der Waals surface area (Å²) in [4.78, 5) is 0. The van der Waals surface area contributed by atoms with Crippen LogP contribution in [-0.4, -0.2) is 25.4 Å². The highest BCUT2D eigenvalue weighted by Crippen LogP contribution is 2.36. The maximum Gasteiger partial charge on any atom is 0.495 e. The lowest BCUT2D eigenvalue weighted by molar-refractivity contribution is 0.00578. The van der Waals surface area contributed by atoms with Crippen molar-refractivity contribution in [1.29, 1.82) is 0 Å². The van der Waals surface area contributed by atoms with Gasteiger partial charge in [-0.15, -0.1) is 0 Å². The Morgan fingerprint density at radius 1 is 0.840 bits per heavy atom. The van der Waals surface area contributed by atoms with Gasteiger partial charge in [-0.3, -0.25) is 0 Å². The fraction of sp³-hybridized carbons (Fsp3) is 0.400. The molecule has 3 rings (SSSR count). The lowest BCUT2D eigenvalue weighted by Crippen LogP contribution is -2.41. The van der Waals surface area contributed by atoms with Crippen LogP contribution in [0.2, 0.25) is 0 Å². The Balaban J connectivity index is 1.75. The van der Waals surface area contributed by atoms with Crippen molar-refractivity contribution >= 4 is 12.6 Å². The summed E-state index contributed by atoms with van der Waals surface area (Å²) in [5, 5.41) is 0. The molecule has 0 N–H and O–H groups in total. The Bertz CT molecular complexity index is 709. The second kappa shape index (κ2) is 6.73. The van der Waals surface area contributed by atoms with Crippen molar-refractivity contribution in [3.05, 3.63) is 54.1 Å². The SMILES string of the molecule is COc1ccc(OCc2ccccc2B2OC(C)(C)C(C)(C)O2)cc1. The number of methoxy groups -OCH3 is 1. The fourth-order valence-electron chi connectivity index (χ4n) is 2.70. The van der Waals surface area contributed by atoms with Crippen LogP contribution in [0.4, 0.5) is 0 Å². The smallest absolute Gasteiger partial charge is 0.495 e. The zero-order valence-electron chi connectivity index (χ0n) is 15.5. The van der Waals surface area contributed by atoms with Gasteiger partial charge in [0.1, 0.15) is 18.1 Å². The second-order valence-electron chi connectivity index (χ2n) is 7.25. The number of hydrogen-bond donors (Lipinski definition) is 0. The Hall–Kier alpha value is -1.98. The van der Waals surface area contributed by atoms with E-state index in [0.29, 0.717) is 6.61 Å². The lowest BCUT2D eigenvalue weighted by atomic mass is 9.76. The third kappa shape index (κ3) is 3.67. The molecule has 0 saturated carbocycles. The number of benzene rings is 2. The van der Waals surface area contributed by atoms with Gasteiger partial charge in [0.05, 0.1) is 18.3 Å². The standard InChI is InChI=1S/C20H25BO4/c1-19(2)20(3,4)25-21(24-19)18-9-7-6-8-15(18)14-23-17-12-10-16(22-5)11-13-17/h6-13H,14H2,1-5H3. The van der Waals surface area contributed by atoms with Crippen molar-refractivity contribution in [2.45, 2.75) is 45.5 Å². The third-order valence-corrected chi connectivity index (χ3v) is 5.02. The molecule has 0 unspecified atom stereocenters. The molecular formula is C20H25BO4. The summed E-state index contributed by atoms with van der Waals surface area (Å²) in [5.41, 5.74) is 1.34. The van der Waals surface area contributed by atoms with Crippen molar-refractivity contribution in [3.63, 3.8) is 0 Å². The topological polar surface area (TPSA) is 36.9 Å². The van der Waals surface area contributed by atoms with E-state index < -0.39 is 0 Å². The lowest BCUT2D eigenvalue weighted by Gasteiger charge is -2.32. The van der Waals surface area contributed by atoms with Crippen LogP contribution in [0.1, 0.15) is 33.3 Å². The maximum atomic E-state index is 6.18. The molecule has 0 bridgehead atoms. The predicted molar refractivity (Wildman–Crippen MR) is 99.5 cm³/mol. The molecular weight excluding hydrogens is 315 g/mol. The Labute approximate surface area is 150 Å². The first-order chi connectivity index (χ1) is 11.8. The molecule has 0 radical (unpaired) electrons. The molecule has 1 saturated heterocycles. The Morgan fingerprint density at radius 3 is 2.00 bits per heavy atom. The van der Waals surface area contributed by atoms with E-state index in [1.165, 1.54) is 0 Å². The van der Waals surface area contributed by atoms with Crippen LogP contribution in [0.3, 0.4) is 0 Å². The van der Waals surface area contributed by atoms with Crippen molar-refractivity contribution < 1.29 is 18.8 Å². The van der Waals surface area contributed by atoms with E-state index in [4.69, 9.17) is 18.8 Å². The molecule has 0 amide bonds. The minimum Gasteiger partial charge on any atom is -0.497 e. The number of ether oxygens (including phenoxy) is 2. The van der Waals surface area contributed by atoms with Crippen LogP contribution in [0.15, 0.2) is 48.5 Å². The van der Waals surface area contributed by atoms with Gasteiger partial charge in [-0.05, 0) is 63.0 Å². The van der Waals surface area contributed by atoms with Crippen molar-refractivity contribution in [3.8, 4) is 11.5 Å². The molecule has 4 nitrogen and oxygen atoms in total. The van der Waals surface area contributed by atoms with Crippen LogP contribution >= 0.6 is 0 Å². The zero-order chi connectivity index (χ0) is 18.1. The maximum absolute atomic E-state index is 6.18. The van der Waals surface area contributed by atoms with Crippen LogP contribution < -0.4 is 14.9 Å². The summed E-state index contributed by atoms with van der Waals surface area (Å²) < 4.78 is 23.5. The van der Waals surface area contributed by atoms with E-state index in [9.17, 15) is 0 Å². The van der Waals surface area contributed by atoms with Crippen molar-refractivity contribution in [2.24, 2.45) is 0 Å². The molecule has 1 aliphatic heterocycles. The molecule has 1 heterocycles. The van der Waals surface area contributed by atoms with Gasteiger partial charge in [-0.2, -0.15) is 0 Å². The van der Waals surface area contributed by atoms with E-state index in [2.05, 4.69) is 27.7 Å². The van der Waals surface area contributed by atoms with Crippen LogP contribution in [0.5, 0.6) is 11.5 Å². The van der Waals surface area contributed by atoms with Gasteiger partial charge in [0, 0.05) is 0 Å². The molecule has 132 valence electrons. The highest BCUT2D eigenvalue weighted by Gasteiger charge is 2.52. The first kappa shape index (κ1) is 17.8. The Kier molecular flexibility index (Phi) is 4.80. The quantitative estimate of drug-likeness (QED) is 0.780. The van der Waals surface area contributed by atoms with Crippen LogP contribution in [0, 0.1) is 0 Å². The molecule has 1 aliphatic rings. The van der Waals surface area contributed by atoms with Crippen LogP contribution in [0.25, 0.3) is 0 Å². The van der Waals surface area contributed by atoms with Gasteiger partial charge >= 0.3 is 7.12 Å². The van der Waals surface area contributed by atoms with E-state index >= 15 is 0 Å². The average molecular weight is 340 g/mol. The minimum atomic E-state index is -0.388. The fourth-order valence-corrected chi connectivity index (χ4v) is 2.70. The summed E-state index contributed by atoms with van der Waals surface area (Å²) in [6, 6.07) is 15.6. The van der Waals surface area contributed by atoms with Gasteiger partial charge < -0.3 is 18.8 Å². The van der Waals surface area contributed by atoms with Gasteiger partial charge in [-0.25, -0.2) is 0 Å². The summed E-state index contributed by atoms with van der Waals surface area (Å²) in [5.74, 6) is 1.61. The molecule has 5 heteroatoms. The monoisotopic (exact) mass is 340 g/mol. The van der Waals surface area contributed by atoms with Gasteiger partial charge in [0.2, 0.25) is 0 Å². The van der Waals surface area contributed by atoms with E-state index in [-0.39, 0.29) is 18.3 Å². The first-order valence-electron chi connectivity index (χ1n) is 8.53. The largest absolute Gasteiger partial charge is 0.497 e. The first-order valence-corrected chi connectivity index (χ1v) is 8.53. The summed E-state index contributed by atoms with van der Waals surface area (Å²) in [6.07, 6.45) is 0. The van der Waals surface area contributed by atoms with E-state index in [1.54, 1.807) is 7.11 Å². The van der Waals surface area contributed by atoms with Gasteiger partial charge in [0.25, 0.3) is 0 Å². The van der Waals surface area contributed by atoms with Crippen molar-refractivity contribution in [2.75, 3.05) is 7.11 Å². The molecule has 2 aromatic rings. The minimum absolute atomic E-state index is 0.360. The van der Waals surface area contributed by atoms with E-state index in [0.717, 1.165) is 22.5 Å². The normalized spacial score (nSPS) is 18.2. The van der Waals surface area contributed by atoms with Crippen LogP contribution in [-0.2, 0) is 15.9 Å². The predicted octanol–water partition coefficient (Wildman–Crippen LogP) is 3.57. The summed E-state index contributed by atoms with van der Waals surface area (Å²) in [7, 11) is 1.26. The molecule has 1 fully saturated rings. The average Bonchev–Trinajstić information content (AvgIpc) is 2.81. The molecule has 25 heavy (non-hydrogen) atoms. The van der Waals surface area contributed by atoms with Crippen molar-refractivity contribution in [1.82, 2.24) is 0 Å². The highest BCUT2D eigenvalue weighted by molar-refractivity contribution is 6.62. The summed E-state index contributed by atoms with van der Waals surface area (Å²) >= 11 is 0. The second-order valence-corrected chi connectivity index (χ2v) is 7.25. The molecule has 0 aliphatic carbocycles. The third-order valence-electron chi connectivity index (χ3n) is 5.02. The van der Waals surface area contributed by atoms with Gasteiger partial charge in [0.15, 0.2) is 0 Å². The molecule has 0 spiro atoms. The molecule has 0 atom stereocenters. The van der Waals surface area contributed by atoms with E-state index in [1.807, 2.05) is 48.5 Å². The molecule has 0 aromatic heterocycles.